The van der Waals surface area contributed by atoms with Crippen molar-refractivity contribution >= 4 is 5.97 Å². The normalized spacial score (nSPS) is 12.0. The molecule has 0 amide bonds. The van der Waals surface area contributed by atoms with Gasteiger partial charge in [-0.25, -0.2) is 9.97 Å². The van der Waals surface area contributed by atoms with Crippen molar-refractivity contribution in [2.45, 2.75) is 45.3 Å². The second-order valence-electron chi connectivity index (χ2n) is 7.34. The van der Waals surface area contributed by atoms with Crippen LogP contribution >= 0.6 is 0 Å². The van der Waals surface area contributed by atoms with Gasteiger partial charge in [-0.2, -0.15) is 0 Å². The first-order valence-corrected chi connectivity index (χ1v) is 9.92. The number of aromatic nitrogens is 2. The molecule has 1 aromatic heterocycles. The Balaban J connectivity index is 1.69. The highest BCUT2D eigenvalue weighted by Crippen LogP contribution is 2.19. The number of aryl methyl sites for hydroxylation is 2. The lowest BCUT2D eigenvalue weighted by atomic mass is 10.0. The summed E-state index contributed by atoms with van der Waals surface area (Å²) in [5.41, 5.74) is 10.1. The van der Waals surface area contributed by atoms with Gasteiger partial charge in [0.1, 0.15) is 11.9 Å². The lowest BCUT2D eigenvalue weighted by Gasteiger charge is -2.14. The van der Waals surface area contributed by atoms with Crippen molar-refractivity contribution in [2.24, 2.45) is 5.73 Å². The van der Waals surface area contributed by atoms with Gasteiger partial charge in [-0.15, -0.1) is 0 Å². The van der Waals surface area contributed by atoms with Crippen molar-refractivity contribution in [3.05, 3.63) is 83.8 Å². The average molecular weight is 389 g/mol. The van der Waals surface area contributed by atoms with Crippen LogP contribution in [-0.4, -0.2) is 28.1 Å². The van der Waals surface area contributed by atoms with Gasteiger partial charge in [0.15, 0.2) is 0 Å². The molecule has 150 valence electrons. The standard InChI is InChI=1S/C24H27N3O2/c1-17(2)29-24(28)21(25)16-19-9-6-10-20(15-19)22-13-14-26-23(27-22)12-11-18-7-4-3-5-8-18/h3-10,13-15,17,21H,11-12,16,25H2,1-2H3/t21-/m0/s1. The van der Waals surface area contributed by atoms with Crippen LogP contribution in [0.2, 0.25) is 0 Å². The highest BCUT2D eigenvalue weighted by Gasteiger charge is 2.17. The molecular formula is C24H27N3O2. The monoisotopic (exact) mass is 389 g/mol. The lowest BCUT2D eigenvalue weighted by molar-refractivity contribution is -0.148. The molecular weight excluding hydrogens is 362 g/mol. The predicted molar refractivity (Wildman–Crippen MR) is 114 cm³/mol. The van der Waals surface area contributed by atoms with Crippen LogP contribution in [0.4, 0.5) is 0 Å². The van der Waals surface area contributed by atoms with Crippen LogP contribution in [0.3, 0.4) is 0 Å². The fraction of sp³-hybridized carbons (Fsp3) is 0.292. The van der Waals surface area contributed by atoms with E-state index in [9.17, 15) is 4.79 Å². The van der Waals surface area contributed by atoms with E-state index in [1.54, 1.807) is 6.20 Å². The minimum absolute atomic E-state index is 0.171. The minimum atomic E-state index is -0.681. The average Bonchev–Trinajstić information content (AvgIpc) is 2.73. The van der Waals surface area contributed by atoms with E-state index >= 15 is 0 Å². The van der Waals surface area contributed by atoms with Gasteiger partial charge in [0.25, 0.3) is 0 Å². The summed E-state index contributed by atoms with van der Waals surface area (Å²) >= 11 is 0. The quantitative estimate of drug-likeness (QED) is 0.594. The number of rotatable bonds is 8. The Hall–Kier alpha value is -3.05. The van der Waals surface area contributed by atoms with Crippen LogP contribution in [-0.2, 0) is 28.8 Å². The summed E-state index contributed by atoms with van der Waals surface area (Å²) in [5, 5.41) is 0. The fourth-order valence-electron chi connectivity index (χ4n) is 3.10. The zero-order valence-electron chi connectivity index (χ0n) is 16.9. The SMILES string of the molecule is CC(C)OC(=O)[C@@H](N)Cc1cccc(-c2ccnc(CCc3ccccc3)n2)c1. The summed E-state index contributed by atoms with van der Waals surface area (Å²) in [6, 6.07) is 19.5. The maximum atomic E-state index is 12.0. The van der Waals surface area contributed by atoms with Gasteiger partial charge in [0, 0.05) is 18.2 Å². The molecule has 29 heavy (non-hydrogen) atoms. The number of hydrogen-bond donors (Lipinski definition) is 1. The fourth-order valence-corrected chi connectivity index (χ4v) is 3.10. The molecule has 0 saturated carbocycles. The van der Waals surface area contributed by atoms with E-state index in [0.29, 0.717) is 6.42 Å². The zero-order chi connectivity index (χ0) is 20.6. The Labute approximate surface area is 172 Å². The van der Waals surface area contributed by atoms with Gasteiger partial charge in [0.2, 0.25) is 0 Å². The Morgan fingerprint density at radius 1 is 1.00 bits per heavy atom. The first kappa shape index (κ1) is 20.7. The van der Waals surface area contributed by atoms with Crippen LogP contribution < -0.4 is 5.73 Å². The molecule has 0 unspecified atom stereocenters. The van der Waals surface area contributed by atoms with Crippen LogP contribution in [0.15, 0.2) is 66.9 Å². The maximum Gasteiger partial charge on any atom is 0.323 e. The van der Waals surface area contributed by atoms with Gasteiger partial charge >= 0.3 is 5.97 Å². The number of ether oxygens (including phenoxy) is 1. The van der Waals surface area contributed by atoms with Crippen molar-refractivity contribution < 1.29 is 9.53 Å². The van der Waals surface area contributed by atoms with Gasteiger partial charge in [-0.1, -0.05) is 48.5 Å². The zero-order valence-corrected chi connectivity index (χ0v) is 16.9. The van der Waals surface area contributed by atoms with E-state index in [4.69, 9.17) is 15.5 Å². The van der Waals surface area contributed by atoms with Crippen LogP contribution in [0, 0.1) is 0 Å². The molecule has 5 heteroatoms. The molecule has 3 aromatic rings. The molecule has 0 spiro atoms. The maximum absolute atomic E-state index is 12.0. The molecule has 3 rings (SSSR count). The van der Waals surface area contributed by atoms with Crippen LogP contribution in [0.25, 0.3) is 11.3 Å². The van der Waals surface area contributed by atoms with Gasteiger partial charge in [-0.3, -0.25) is 4.79 Å². The summed E-state index contributed by atoms with van der Waals surface area (Å²) in [5.74, 6) is 0.435. The Kier molecular flexibility index (Phi) is 7.09. The molecule has 2 aromatic carbocycles. The molecule has 0 fully saturated rings. The molecule has 0 saturated heterocycles. The highest BCUT2D eigenvalue weighted by atomic mass is 16.5. The summed E-state index contributed by atoms with van der Waals surface area (Å²) in [6.07, 6.45) is 3.72. The third-order valence-electron chi connectivity index (χ3n) is 4.52. The van der Waals surface area contributed by atoms with Gasteiger partial charge in [0.05, 0.1) is 11.8 Å². The topological polar surface area (TPSA) is 78.1 Å². The Morgan fingerprint density at radius 3 is 2.52 bits per heavy atom. The van der Waals surface area contributed by atoms with E-state index in [1.165, 1.54) is 5.56 Å². The minimum Gasteiger partial charge on any atom is -0.462 e. The van der Waals surface area contributed by atoms with E-state index in [2.05, 4.69) is 17.1 Å². The molecule has 1 atom stereocenters. The summed E-state index contributed by atoms with van der Waals surface area (Å²) < 4.78 is 5.19. The molecule has 2 N–H and O–H groups in total. The van der Waals surface area contributed by atoms with Crippen LogP contribution in [0.1, 0.15) is 30.8 Å². The van der Waals surface area contributed by atoms with Crippen molar-refractivity contribution in [3.63, 3.8) is 0 Å². The summed E-state index contributed by atoms with van der Waals surface area (Å²) in [4.78, 5) is 21.1. The Morgan fingerprint density at radius 2 is 1.76 bits per heavy atom. The molecule has 0 bridgehead atoms. The number of hydrogen-bond acceptors (Lipinski definition) is 5. The second-order valence-corrected chi connectivity index (χ2v) is 7.34. The predicted octanol–water partition coefficient (Wildman–Crippen LogP) is 3.75. The largest absolute Gasteiger partial charge is 0.462 e. The summed E-state index contributed by atoms with van der Waals surface area (Å²) in [6.45, 7) is 3.63. The molecule has 1 heterocycles. The van der Waals surface area contributed by atoms with Crippen LogP contribution in [0.5, 0.6) is 0 Å². The third kappa shape index (κ3) is 6.22. The van der Waals surface area contributed by atoms with E-state index in [-0.39, 0.29) is 12.1 Å². The molecule has 0 radical (unpaired) electrons. The van der Waals surface area contributed by atoms with Crippen molar-refractivity contribution in [1.29, 1.82) is 0 Å². The van der Waals surface area contributed by atoms with Crippen molar-refractivity contribution in [1.82, 2.24) is 9.97 Å². The number of nitrogens with zero attached hydrogens (tertiary/aromatic N) is 2. The number of carbonyl (C=O) groups excluding carboxylic acids is 1. The van der Waals surface area contributed by atoms with E-state index in [0.717, 1.165) is 35.5 Å². The smallest absolute Gasteiger partial charge is 0.323 e. The van der Waals surface area contributed by atoms with Crippen molar-refractivity contribution in [2.75, 3.05) is 0 Å². The first-order valence-electron chi connectivity index (χ1n) is 9.92. The molecule has 0 aliphatic carbocycles. The number of benzene rings is 2. The second kappa shape index (κ2) is 9.94. The van der Waals surface area contributed by atoms with Gasteiger partial charge in [-0.05, 0) is 49.9 Å². The number of esters is 1. The molecule has 0 aliphatic heterocycles. The number of nitrogens with two attached hydrogens (primary N) is 1. The lowest BCUT2D eigenvalue weighted by Crippen LogP contribution is -2.35. The van der Waals surface area contributed by atoms with Crippen molar-refractivity contribution in [3.8, 4) is 11.3 Å². The summed E-state index contributed by atoms with van der Waals surface area (Å²) in [7, 11) is 0. The Bertz CT molecular complexity index is 942. The van der Waals surface area contributed by atoms with E-state index in [1.807, 2.05) is 62.4 Å². The van der Waals surface area contributed by atoms with Gasteiger partial charge < -0.3 is 10.5 Å². The first-order chi connectivity index (χ1) is 14.0. The highest BCUT2D eigenvalue weighted by molar-refractivity contribution is 5.76. The number of carbonyl (C=O) groups is 1. The third-order valence-corrected chi connectivity index (χ3v) is 4.52. The van der Waals surface area contributed by atoms with E-state index < -0.39 is 6.04 Å². The molecule has 5 nitrogen and oxygen atoms in total. The molecule has 0 aliphatic rings.